The van der Waals surface area contributed by atoms with Gasteiger partial charge in [0.2, 0.25) is 11.7 Å². The average molecular weight is 423 g/mol. The summed E-state index contributed by atoms with van der Waals surface area (Å²) in [6, 6.07) is 7.62. The van der Waals surface area contributed by atoms with Gasteiger partial charge in [-0.3, -0.25) is 9.88 Å². The van der Waals surface area contributed by atoms with E-state index in [0.717, 1.165) is 23.0 Å². The second-order valence-electron chi connectivity index (χ2n) is 7.40. The fourth-order valence-electron chi connectivity index (χ4n) is 4.09. The van der Waals surface area contributed by atoms with E-state index in [4.69, 9.17) is 34.4 Å². The van der Waals surface area contributed by atoms with Crippen LogP contribution in [0.2, 0.25) is 0 Å². The maximum Gasteiger partial charge on any atom is 0.212 e. The summed E-state index contributed by atoms with van der Waals surface area (Å²) in [6.45, 7) is 2.16. The van der Waals surface area contributed by atoms with Gasteiger partial charge in [0.05, 0.1) is 31.4 Å². The summed E-state index contributed by atoms with van der Waals surface area (Å²) in [4.78, 5) is 9.37. The van der Waals surface area contributed by atoms with Crippen molar-refractivity contribution >= 4 is 22.9 Å². The molecule has 3 N–H and O–H groups in total. The predicted octanol–water partition coefficient (Wildman–Crippen LogP) is 2.26. The largest absolute Gasteiger partial charge is 0.493 e. The highest BCUT2D eigenvalue weighted by Crippen LogP contribution is 2.44. The number of imidazole rings is 1. The average Bonchev–Trinajstić information content (AvgIpc) is 2.97. The van der Waals surface area contributed by atoms with Gasteiger partial charge < -0.3 is 29.4 Å². The van der Waals surface area contributed by atoms with Gasteiger partial charge in [-0.1, -0.05) is 0 Å². The SMILES string of the molecule is COc1cc(C2N=C(N)Nc3nc4cc5c(cc4n32)OCCCO5)cc2c1OCCO2. The highest BCUT2D eigenvalue weighted by Gasteiger charge is 2.29. The number of aliphatic imine (C=N–C) groups is 1. The molecule has 1 aromatic heterocycles. The van der Waals surface area contributed by atoms with Crippen LogP contribution in [0.1, 0.15) is 18.2 Å². The number of ether oxygens (including phenoxy) is 5. The van der Waals surface area contributed by atoms with Crippen molar-refractivity contribution in [1.29, 1.82) is 0 Å². The number of rotatable bonds is 2. The molecule has 0 fully saturated rings. The summed E-state index contributed by atoms with van der Waals surface area (Å²) >= 11 is 0. The van der Waals surface area contributed by atoms with Crippen molar-refractivity contribution in [2.75, 3.05) is 38.9 Å². The van der Waals surface area contributed by atoms with Crippen LogP contribution >= 0.6 is 0 Å². The number of hydrogen-bond donors (Lipinski definition) is 2. The van der Waals surface area contributed by atoms with E-state index in [1.165, 1.54) is 0 Å². The smallest absolute Gasteiger partial charge is 0.212 e. The van der Waals surface area contributed by atoms with Gasteiger partial charge in [-0.15, -0.1) is 0 Å². The molecule has 10 heteroatoms. The van der Waals surface area contributed by atoms with Gasteiger partial charge >= 0.3 is 0 Å². The van der Waals surface area contributed by atoms with Crippen molar-refractivity contribution in [2.45, 2.75) is 12.6 Å². The highest BCUT2D eigenvalue weighted by molar-refractivity contribution is 5.95. The third-order valence-electron chi connectivity index (χ3n) is 5.45. The molecule has 1 unspecified atom stereocenters. The Kier molecular flexibility index (Phi) is 3.98. The standard InChI is InChI=1S/C21H21N5O5/c1-27-16-7-11(8-17-18(16)31-6-5-30-17)19-24-20(22)25-21-23-12-9-14-15(10-13(12)26(19)21)29-4-2-3-28-14/h7-10,19H,2-6H2,1H3,(H3,22,23,24,25). The first-order valence-corrected chi connectivity index (χ1v) is 10.1. The lowest BCUT2D eigenvalue weighted by molar-refractivity contribution is 0.164. The lowest BCUT2D eigenvalue weighted by atomic mass is 10.1. The molecule has 6 rings (SSSR count). The number of guanidine groups is 1. The Morgan fingerprint density at radius 1 is 1.00 bits per heavy atom. The van der Waals surface area contributed by atoms with Gasteiger partial charge in [0.1, 0.15) is 13.2 Å². The number of nitrogens with two attached hydrogens (primary N) is 1. The number of benzene rings is 2. The van der Waals surface area contributed by atoms with E-state index < -0.39 is 6.17 Å². The Bertz CT molecular complexity index is 1200. The van der Waals surface area contributed by atoms with Crippen LogP contribution in [0.5, 0.6) is 28.7 Å². The van der Waals surface area contributed by atoms with Gasteiger partial charge in [-0.2, -0.15) is 0 Å². The topological polar surface area (TPSA) is 114 Å². The lowest BCUT2D eigenvalue weighted by Gasteiger charge is -2.26. The molecule has 0 saturated carbocycles. The zero-order valence-corrected chi connectivity index (χ0v) is 16.9. The molecular weight excluding hydrogens is 402 g/mol. The van der Waals surface area contributed by atoms with E-state index in [9.17, 15) is 0 Å². The summed E-state index contributed by atoms with van der Waals surface area (Å²) in [6.07, 6.45) is 0.357. The first-order valence-electron chi connectivity index (χ1n) is 10.1. The van der Waals surface area contributed by atoms with E-state index >= 15 is 0 Å². The first-order chi connectivity index (χ1) is 15.2. The van der Waals surface area contributed by atoms with Crippen molar-refractivity contribution in [2.24, 2.45) is 10.7 Å². The van der Waals surface area contributed by atoms with Crippen LogP contribution in [0.15, 0.2) is 29.3 Å². The monoisotopic (exact) mass is 423 g/mol. The molecule has 2 aromatic carbocycles. The van der Waals surface area contributed by atoms with Gasteiger partial charge in [0, 0.05) is 24.1 Å². The van der Waals surface area contributed by atoms with Crippen LogP contribution in [0.4, 0.5) is 5.95 Å². The number of hydrogen-bond acceptors (Lipinski definition) is 9. The quantitative estimate of drug-likeness (QED) is 0.645. The Hall–Kier alpha value is -3.82. The summed E-state index contributed by atoms with van der Waals surface area (Å²) in [5.41, 5.74) is 8.54. The normalized spacial score (nSPS) is 19.1. The minimum Gasteiger partial charge on any atom is -0.493 e. The van der Waals surface area contributed by atoms with E-state index in [-0.39, 0.29) is 5.96 Å². The molecule has 3 aliphatic heterocycles. The molecule has 4 heterocycles. The second kappa shape index (κ2) is 6.86. The molecule has 0 radical (unpaired) electrons. The van der Waals surface area contributed by atoms with Crippen LogP contribution < -0.4 is 34.7 Å². The fraction of sp³-hybridized carbons (Fsp3) is 0.333. The zero-order valence-electron chi connectivity index (χ0n) is 16.9. The van der Waals surface area contributed by atoms with E-state index in [1.807, 2.05) is 28.8 Å². The highest BCUT2D eigenvalue weighted by atomic mass is 16.6. The van der Waals surface area contributed by atoms with E-state index in [2.05, 4.69) is 10.3 Å². The van der Waals surface area contributed by atoms with Gasteiger partial charge in [-0.05, 0) is 12.1 Å². The first kappa shape index (κ1) is 18.0. The van der Waals surface area contributed by atoms with Gasteiger partial charge in [0.15, 0.2) is 35.1 Å². The predicted molar refractivity (Wildman–Crippen MR) is 113 cm³/mol. The zero-order chi connectivity index (χ0) is 20.9. The maximum absolute atomic E-state index is 6.10. The van der Waals surface area contributed by atoms with E-state index in [1.54, 1.807) is 7.11 Å². The summed E-state index contributed by atoms with van der Waals surface area (Å²) in [5, 5.41) is 3.05. The molecule has 3 aliphatic rings. The number of nitrogens with zero attached hydrogens (tertiary/aromatic N) is 3. The van der Waals surface area contributed by atoms with Crippen LogP contribution in [0.3, 0.4) is 0 Å². The fourth-order valence-corrected chi connectivity index (χ4v) is 4.09. The molecule has 0 spiro atoms. The Morgan fingerprint density at radius 2 is 1.77 bits per heavy atom. The number of methoxy groups -OCH3 is 1. The van der Waals surface area contributed by atoms with Crippen LogP contribution in [-0.4, -0.2) is 49.0 Å². The third kappa shape index (κ3) is 2.86. The molecule has 31 heavy (non-hydrogen) atoms. The number of aromatic nitrogens is 2. The van der Waals surface area contributed by atoms with Gasteiger partial charge in [0.25, 0.3) is 0 Å². The minimum atomic E-state index is -0.476. The molecular formula is C21H21N5O5. The number of anilines is 1. The second-order valence-corrected chi connectivity index (χ2v) is 7.40. The molecule has 0 amide bonds. The minimum absolute atomic E-state index is 0.274. The van der Waals surface area contributed by atoms with E-state index in [0.29, 0.717) is 61.1 Å². The van der Waals surface area contributed by atoms with Crippen molar-refractivity contribution < 1.29 is 23.7 Å². The summed E-state index contributed by atoms with van der Waals surface area (Å²) < 4.78 is 30.8. The molecule has 3 aromatic rings. The molecule has 10 nitrogen and oxygen atoms in total. The molecule has 1 atom stereocenters. The summed E-state index contributed by atoms with van der Waals surface area (Å²) in [7, 11) is 1.60. The van der Waals surface area contributed by atoms with Crippen molar-refractivity contribution in [3.63, 3.8) is 0 Å². The van der Waals surface area contributed by atoms with Crippen LogP contribution in [0.25, 0.3) is 11.0 Å². The number of nitrogens with one attached hydrogen (secondary N) is 1. The van der Waals surface area contributed by atoms with Crippen LogP contribution in [0, 0.1) is 0 Å². The van der Waals surface area contributed by atoms with Crippen molar-refractivity contribution in [3.8, 4) is 28.7 Å². The lowest BCUT2D eigenvalue weighted by Crippen LogP contribution is -2.31. The van der Waals surface area contributed by atoms with Crippen molar-refractivity contribution in [3.05, 3.63) is 29.8 Å². The van der Waals surface area contributed by atoms with Crippen LogP contribution in [-0.2, 0) is 0 Å². The third-order valence-corrected chi connectivity index (χ3v) is 5.45. The van der Waals surface area contributed by atoms with Gasteiger partial charge in [-0.25, -0.2) is 9.98 Å². The molecule has 0 bridgehead atoms. The number of fused-ring (bicyclic) bond motifs is 5. The molecule has 0 aliphatic carbocycles. The molecule has 0 saturated heterocycles. The maximum atomic E-state index is 6.10. The Morgan fingerprint density at radius 3 is 2.61 bits per heavy atom. The molecule has 160 valence electrons. The Labute approximate surface area is 177 Å². The Balaban J connectivity index is 1.53. The van der Waals surface area contributed by atoms with Crippen molar-refractivity contribution in [1.82, 2.24) is 9.55 Å². The summed E-state index contributed by atoms with van der Waals surface area (Å²) in [5.74, 6) is 4.02.